The SMILES string of the molecule is COc1ccc(Nc2cc(C)nc(NCCNC(=O)Nc3cccc(OC(F)F)c3)n2)cc1. The van der Waals surface area contributed by atoms with Crippen molar-refractivity contribution in [3.63, 3.8) is 0 Å². The van der Waals surface area contributed by atoms with Crippen LogP contribution >= 0.6 is 0 Å². The van der Waals surface area contributed by atoms with Gasteiger partial charge in [-0.2, -0.15) is 13.8 Å². The molecule has 1 aromatic heterocycles. The molecule has 33 heavy (non-hydrogen) atoms. The minimum atomic E-state index is -2.93. The number of hydrogen-bond acceptors (Lipinski definition) is 7. The minimum absolute atomic E-state index is 0.0416. The Hall–Kier alpha value is -4.15. The molecule has 2 amide bonds. The zero-order valence-electron chi connectivity index (χ0n) is 18.1. The van der Waals surface area contributed by atoms with Crippen molar-refractivity contribution >= 4 is 29.2 Å². The standard InChI is InChI=1S/C22H24F2N6O3/c1-14-12-19(28-15-6-8-17(32-2)9-7-15)30-21(27-14)25-10-11-26-22(31)29-16-4-3-5-18(13-16)33-20(23)24/h3-9,12-13,20H,10-11H2,1-2H3,(H2,26,29,31)(H2,25,27,28,30). The molecule has 0 unspecified atom stereocenters. The molecule has 9 nitrogen and oxygen atoms in total. The first-order chi connectivity index (χ1) is 15.9. The lowest BCUT2D eigenvalue weighted by atomic mass is 10.3. The van der Waals surface area contributed by atoms with E-state index in [4.69, 9.17) is 4.74 Å². The minimum Gasteiger partial charge on any atom is -0.497 e. The van der Waals surface area contributed by atoms with Crippen molar-refractivity contribution in [2.24, 2.45) is 0 Å². The number of ether oxygens (including phenoxy) is 2. The number of carbonyl (C=O) groups excluding carboxylic acids is 1. The third kappa shape index (κ3) is 7.80. The number of aromatic nitrogens is 2. The molecule has 0 aliphatic heterocycles. The fraction of sp³-hybridized carbons (Fsp3) is 0.227. The van der Waals surface area contributed by atoms with E-state index in [2.05, 4.69) is 36.0 Å². The number of rotatable bonds is 10. The summed E-state index contributed by atoms with van der Waals surface area (Å²) in [5.74, 6) is 1.74. The highest BCUT2D eigenvalue weighted by Gasteiger charge is 2.07. The van der Waals surface area contributed by atoms with Crippen molar-refractivity contribution < 1.29 is 23.0 Å². The van der Waals surface area contributed by atoms with E-state index in [-0.39, 0.29) is 12.3 Å². The molecule has 4 N–H and O–H groups in total. The van der Waals surface area contributed by atoms with Crippen LogP contribution in [0.1, 0.15) is 5.69 Å². The highest BCUT2D eigenvalue weighted by atomic mass is 19.3. The topological polar surface area (TPSA) is 109 Å². The van der Waals surface area contributed by atoms with Gasteiger partial charge in [-0.15, -0.1) is 0 Å². The molecule has 0 spiro atoms. The van der Waals surface area contributed by atoms with Crippen LogP contribution in [-0.2, 0) is 0 Å². The first-order valence-electron chi connectivity index (χ1n) is 10.0. The van der Waals surface area contributed by atoms with Crippen molar-refractivity contribution in [2.45, 2.75) is 13.5 Å². The smallest absolute Gasteiger partial charge is 0.387 e. The largest absolute Gasteiger partial charge is 0.497 e. The van der Waals surface area contributed by atoms with E-state index in [1.807, 2.05) is 37.3 Å². The summed E-state index contributed by atoms with van der Waals surface area (Å²) in [6, 6.07) is 14.5. The average molecular weight is 458 g/mol. The van der Waals surface area contributed by atoms with Crippen molar-refractivity contribution in [1.29, 1.82) is 0 Å². The van der Waals surface area contributed by atoms with Gasteiger partial charge < -0.3 is 30.7 Å². The van der Waals surface area contributed by atoms with Crippen molar-refractivity contribution in [3.05, 3.63) is 60.3 Å². The number of aryl methyl sites for hydroxylation is 1. The van der Waals surface area contributed by atoms with Crippen LogP contribution in [0.3, 0.4) is 0 Å². The van der Waals surface area contributed by atoms with Crippen molar-refractivity contribution in [2.75, 3.05) is 36.1 Å². The van der Waals surface area contributed by atoms with Crippen LogP contribution in [0, 0.1) is 6.92 Å². The Balaban J connectivity index is 1.46. The van der Waals surface area contributed by atoms with E-state index in [9.17, 15) is 13.6 Å². The number of anilines is 4. The molecule has 11 heteroatoms. The summed E-state index contributed by atoms with van der Waals surface area (Å²) in [7, 11) is 1.61. The Kier molecular flexibility index (Phi) is 8.17. The monoisotopic (exact) mass is 458 g/mol. The molecule has 0 aliphatic rings. The van der Waals surface area contributed by atoms with Crippen LogP contribution in [0.5, 0.6) is 11.5 Å². The Morgan fingerprint density at radius 2 is 1.79 bits per heavy atom. The number of nitrogens with one attached hydrogen (secondary N) is 4. The van der Waals surface area contributed by atoms with Gasteiger partial charge in [0.15, 0.2) is 0 Å². The summed E-state index contributed by atoms with van der Waals surface area (Å²) in [6.07, 6.45) is 0. The van der Waals surface area contributed by atoms with Crippen LogP contribution in [-0.4, -0.2) is 42.8 Å². The Morgan fingerprint density at radius 1 is 1.00 bits per heavy atom. The van der Waals surface area contributed by atoms with E-state index in [1.54, 1.807) is 13.2 Å². The number of hydrogen-bond donors (Lipinski definition) is 4. The maximum atomic E-state index is 12.3. The molecule has 0 saturated carbocycles. The van der Waals surface area contributed by atoms with Gasteiger partial charge in [-0.25, -0.2) is 9.78 Å². The molecule has 2 aromatic carbocycles. The lowest BCUT2D eigenvalue weighted by molar-refractivity contribution is -0.0498. The summed E-state index contributed by atoms with van der Waals surface area (Å²) in [6.45, 7) is -0.440. The van der Waals surface area contributed by atoms with E-state index in [0.717, 1.165) is 17.1 Å². The lowest BCUT2D eigenvalue weighted by Crippen LogP contribution is -2.32. The van der Waals surface area contributed by atoms with Crippen LogP contribution in [0.4, 0.5) is 36.7 Å². The van der Waals surface area contributed by atoms with Crippen LogP contribution in [0.2, 0.25) is 0 Å². The van der Waals surface area contributed by atoms with Gasteiger partial charge in [-0.1, -0.05) is 6.07 Å². The number of alkyl halides is 2. The molecule has 0 saturated heterocycles. The summed E-state index contributed by atoms with van der Waals surface area (Å²) in [5.41, 5.74) is 1.94. The molecular formula is C22H24F2N6O3. The van der Waals surface area contributed by atoms with E-state index in [1.165, 1.54) is 18.2 Å². The van der Waals surface area contributed by atoms with E-state index in [0.29, 0.717) is 24.0 Å². The first-order valence-corrected chi connectivity index (χ1v) is 10.0. The number of benzene rings is 2. The number of nitrogens with zero attached hydrogens (tertiary/aromatic N) is 2. The summed E-state index contributed by atoms with van der Waals surface area (Å²) in [4.78, 5) is 20.8. The van der Waals surface area contributed by atoms with Crippen LogP contribution in [0.25, 0.3) is 0 Å². The maximum absolute atomic E-state index is 12.3. The van der Waals surface area contributed by atoms with Gasteiger partial charge in [0.05, 0.1) is 7.11 Å². The third-order valence-electron chi connectivity index (χ3n) is 4.23. The van der Waals surface area contributed by atoms with E-state index < -0.39 is 12.6 Å². The second-order valence-corrected chi connectivity index (χ2v) is 6.79. The number of urea groups is 1. The Morgan fingerprint density at radius 3 is 2.52 bits per heavy atom. The molecule has 3 rings (SSSR count). The first kappa shape index (κ1) is 23.5. The number of carbonyl (C=O) groups is 1. The highest BCUT2D eigenvalue weighted by molar-refractivity contribution is 5.89. The molecule has 1 heterocycles. The average Bonchev–Trinajstić information content (AvgIpc) is 2.77. The molecule has 0 radical (unpaired) electrons. The van der Waals surface area contributed by atoms with Crippen molar-refractivity contribution in [1.82, 2.24) is 15.3 Å². The number of methoxy groups -OCH3 is 1. The summed E-state index contributed by atoms with van der Waals surface area (Å²) < 4.78 is 34.1. The fourth-order valence-electron chi connectivity index (χ4n) is 2.81. The van der Waals surface area contributed by atoms with Gasteiger partial charge in [-0.3, -0.25) is 0 Å². The Labute approximate surface area is 189 Å². The van der Waals surface area contributed by atoms with Gasteiger partial charge in [-0.05, 0) is 43.3 Å². The summed E-state index contributed by atoms with van der Waals surface area (Å²) in [5, 5.41) is 11.5. The van der Waals surface area contributed by atoms with Gasteiger partial charge in [0.1, 0.15) is 17.3 Å². The van der Waals surface area contributed by atoms with Crippen LogP contribution < -0.4 is 30.7 Å². The molecule has 0 aliphatic carbocycles. The summed E-state index contributed by atoms with van der Waals surface area (Å²) >= 11 is 0. The zero-order chi connectivity index (χ0) is 23.6. The normalized spacial score (nSPS) is 10.5. The predicted octanol–water partition coefficient (Wildman–Crippen LogP) is 4.37. The fourth-order valence-corrected chi connectivity index (χ4v) is 2.81. The number of amides is 2. The highest BCUT2D eigenvalue weighted by Crippen LogP contribution is 2.20. The third-order valence-corrected chi connectivity index (χ3v) is 4.23. The van der Waals surface area contributed by atoms with E-state index >= 15 is 0 Å². The Bertz CT molecular complexity index is 1070. The molecule has 174 valence electrons. The molecular weight excluding hydrogens is 434 g/mol. The zero-order valence-corrected chi connectivity index (χ0v) is 18.1. The molecule has 3 aromatic rings. The van der Waals surface area contributed by atoms with Crippen molar-refractivity contribution in [3.8, 4) is 11.5 Å². The maximum Gasteiger partial charge on any atom is 0.387 e. The second kappa shape index (κ2) is 11.5. The van der Waals surface area contributed by atoms with Gasteiger partial charge in [0.25, 0.3) is 0 Å². The predicted molar refractivity (Wildman–Crippen MR) is 122 cm³/mol. The molecule has 0 atom stereocenters. The van der Waals surface area contributed by atoms with Gasteiger partial charge in [0.2, 0.25) is 5.95 Å². The number of halogens is 2. The van der Waals surface area contributed by atoms with Gasteiger partial charge in [0, 0.05) is 42.3 Å². The molecule has 0 fully saturated rings. The van der Waals surface area contributed by atoms with Crippen LogP contribution in [0.15, 0.2) is 54.6 Å². The van der Waals surface area contributed by atoms with Gasteiger partial charge >= 0.3 is 12.6 Å². The second-order valence-electron chi connectivity index (χ2n) is 6.79. The lowest BCUT2D eigenvalue weighted by Gasteiger charge is -2.12. The quantitative estimate of drug-likeness (QED) is 0.334. The molecule has 0 bridgehead atoms.